The Hall–Kier alpha value is -2.05. The highest BCUT2D eigenvalue weighted by Crippen LogP contribution is 2.26. The van der Waals surface area contributed by atoms with Crippen LogP contribution in [0, 0.1) is 5.92 Å². The second kappa shape index (κ2) is 10.8. The number of pyridine rings is 1. The molecule has 2 aromatic rings. The van der Waals surface area contributed by atoms with Crippen molar-refractivity contribution in [2.45, 2.75) is 38.1 Å². The fourth-order valence-corrected chi connectivity index (χ4v) is 4.48. The summed E-state index contributed by atoms with van der Waals surface area (Å²) in [4.78, 5) is 9.25. The van der Waals surface area contributed by atoms with Gasteiger partial charge < -0.3 is 19.2 Å². The molecule has 4 rings (SSSR count). The van der Waals surface area contributed by atoms with E-state index in [2.05, 4.69) is 59.1 Å². The van der Waals surface area contributed by atoms with Crippen molar-refractivity contribution in [3.05, 3.63) is 54.4 Å². The molecule has 6 heteroatoms. The largest absolute Gasteiger partial charge is 0.490 e. The van der Waals surface area contributed by atoms with E-state index < -0.39 is 0 Å². The van der Waals surface area contributed by atoms with Gasteiger partial charge in [-0.1, -0.05) is 30.3 Å². The predicted molar refractivity (Wildman–Crippen MR) is 124 cm³/mol. The summed E-state index contributed by atoms with van der Waals surface area (Å²) in [7, 11) is 2.19. The third kappa shape index (κ3) is 5.99. The Bertz CT molecular complexity index is 768. The van der Waals surface area contributed by atoms with E-state index in [4.69, 9.17) is 9.47 Å². The highest BCUT2D eigenvalue weighted by Gasteiger charge is 2.22. The molecule has 2 aliphatic rings. The molecule has 2 saturated heterocycles. The molecule has 0 bridgehead atoms. The first-order valence-corrected chi connectivity index (χ1v) is 11.4. The van der Waals surface area contributed by atoms with Crippen LogP contribution >= 0.6 is 0 Å². The quantitative estimate of drug-likeness (QED) is 0.472. The zero-order chi connectivity index (χ0) is 20.6. The number of benzene rings is 1. The molecule has 5 nitrogen and oxygen atoms in total. The number of anilines is 1. The lowest BCUT2D eigenvalue weighted by Crippen LogP contribution is -2.35. The predicted octanol–water partition coefficient (Wildman–Crippen LogP) is 2.95. The second-order valence-corrected chi connectivity index (χ2v) is 8.71. The van der Waals surface area contributed by atoms with Gasteiger partial charge >= 0.3 is 0 Å². The first-order chi connectivity index (χ1) is 14.8. The van der Waals surface area contributed by atoms with Crippen LogP contribution in [0.15, 0.2) is 48.8 Å². The highest BCUT2D eigenvalue weighted by molar-refractivity contribution is 6.04. The average Bonchev–Trinajstić information content (AvgIpc) is 3.21. The minimum absolute atomic E-state index is 0.534. The number of hydrogen-bond donors (Lipinski definition) is 0. The number of piperidine rings is 1. The Morgan fingerprint density at radius 3 is 2.60 bits per heavy atom. The lowest BCUT2D eigenvalue weighted by molar-refractivity contribution is 0.0926. The van der Waals surface area contributed by atoms with Crippen LogP contribution < -0.4 is 9.64 Å². The third-order valence-electron chi connectivity index (χ3n) is 6.52. The van der Waals surface area contributed by atoms with Crippen molar-refractivity contribution in [2.75, 3.05) is 44.4 Å². The van der Waals surface area contributed by atoms with Gasteiger partial charge in [0.05, 0.1) is 24.7 Å². The van der Waals surface area contributed by atoms with Crippen LogP contribution in [0.1, 0.15) is 31.2 Å². The van der Waals surface area contributed by atoms with E-state index in [0.29, 0.717) is 12.0 Å². The SMILES string of the molecule is BN1CCC[C@H]1COc1cncc(N2CCC(COCCc3ccccc3)CC2)c1. The van der Waals surface area contributed by atoms with E-state index in [-0.39, 0.29) is 0 Å². The van der Waals surface area contributed by atoms with E-state index in [1.165, 1.54) is 43.5 Å². The Kier molecular flexibility index (Phi) is 7.65. The lowest BCUT2D eigenvalue weighted by Gasteiger charge is -2.33. The Balaban J connectivity index is 1.17. The van der Waals surface area contributed by atoms with Gasteiger partial charge in [-0.2, -0.15) is 0 Å². The minimum Gasteiger partial charge on any atom is -0.490 e. The molecule has 0 aliphatic carbocycles. The van der Waals surface area contributed by atoms with Gasteiger partial charge in [0.25, 0.3) is 0 Å². The molecular formula is C24H34BN3O2. The molecule has 2 aliphatic heterocycles. The summed E-state index contributed by atoms with van der Waals surface area (Å²) < 4.78 is 12.0. The van der Waals surface area contributed by atoms with Crippen LogP contribution in [-0.2, 0) is 11.2 Å². The summed E-state index contributed by atoms with van der Waals surface area (Å²) in [6.07, 6.45) is 9.64. The summed E-state index contributed by atoms with van der Waals surface area (Å²) in [5.41, 5.74) is 2.53. The van der Waals surface area contributed by atoms with Crippen LogP contribution in [0.4, 0.5) is 5.69 Å². The van der Waals surface area contributed by atoms with Crippen LogP contribution in [0.3, 0.4) is 0 Å². The molecule has 0 saturated carbocycles. The molecule has 0 unspecified atom stereocenters. The molecule has 2 fully saturated rings. The van der Waals surface area contributed by atoms with Gasteiger partial charge in [-0.3, -0.25) is 4.98 Å². The van der Waals surface area contributed by atoms with Gasteiger partial charge in [-0.25, -0.2) is 0 Å². The first kappa shape index (κ1) is 21.2. The number of rotatable bonds is 9. The zero-order valence-corrected chi connectivity index (χ0v) is 18.2. The maximum atomic E-state index is 6.06. The number of hydrogen-bond acceptors (Lipinski definition) is 5. The van der Waals surface area contributed by atoms with E-state index in [0.717, 1.165) is 45.1 Å². The number of nitrogens with zero attached hydrogens (tertiary/aromatic N) is 3. The number of aromatic nitrogens is 1. The monoisotopic (exact) mass is 407 g/mol. The molecular weight excluding hydrogens is 373 g/mol. The molecule has 1 atom stereocenters. The fourth-order valence-electron chi connectivity index (χ4n) is 4.48. The molecule has 3 heterocycles. The molecule has 160 valence electrons. The van der Waals surface area contributed by atoms with Gasteiger partial charge in [0.1, 0.15) is 12.4 Å². The van der Waals surface area contributed by atoms with Crippen LogP contribution in [0.2, 0.25) is 0 Å². The molecule has 0 amide bonds. The van der Waals surface area contributed by atoms with E-state index >= 15 is 0 Å². The first-order valence-electron chi connectivity index (χ1n) is 11.4. The van der Waals surface area contributed by atoms with Crippen LogP contribution in [0.5, 0.6) is 5.75 Å². The summed E-state index contributed by atoms with van der Waals surface area (Å²) in [5.74, 6) is 1.54. The Labute approximate surface area is 181 Å². The molecule has 0 radical (unpaired) electrons. The van der Waals surface area contributed by atoms with Crippen molar-refractivity contribution in [3.63, 3.8) is 0 Å². The maximum absolute atomic E-state index is 6.06. The maximum Gasteiger partial charge on any atom is 0.185 e. The van der Waals surface area contributed by atoms with Crippen molar-refractivity contribution in [1.82, 2.24) is 9.79 Å². The van der Waals surface area contributed by atoms with Gasteiger partial charge in [-0.15, -0.1) is 0 Å². The Morgan fingerprint density at radius 1 is 1.00 bits per heavy atom. The zero-order valence-electron chi connectivity index (χ0n) is 18.2. The van der Waals surface area contributed by atoms with Crippen molar-refractivity contribution in [2.24, 2.45) is 5.92 Å². The van der Waals surface area contributed by atoms with Crippen molar-refractivity contribution in [1.29, 1.82) is 0 Å². The molecule has 30 heavy (non-hydrogen) atoms. The van der Waals surface area contributed by atoms with Gasteiger partial charge in [0, 0.05) is 31.8 Å². The molecule has 0 N–H and O–H groups in total. The molecule has 0 spiro atoms. The summed E-state index contributed by atoms with van der Waals surface area (Å²) in [6, 6.07) is 13.3. The van der Waals surface area contributed by atoms with Gasteiger partial charge in [-0.05, 0) is 50.1 Å². The standard InChI is InChI=1S/C24H34BN3O2/c25-28-11-4-7-22(28)19-30-24-15-23(16-26-17-24)27-12-8-21(9-13-27)18-29-14-10-20-5-2-1-3-6-20/h1-3,5-6,15-17,21-22H,4,7-14,18-19,25H2/t22-/m0/s1. The second-order valence-electron chi connectivity index (χ2n) is 8.71. The summed E-state index contributed by atoms with van der Waals surface area (Å²) in [6.45, 7) is 5.73. The van der Waals surface area contributed by atoms with Crippen molar-refractivity contribution >= 4 is 13.7 Å². The summed E-state index contributed by atoms with van der Waals surface area (Å²) >= 11 is 0. The third-order valence-corrected chi connectivity index (χ3v) is 6.52. The van der Waals surface area contributed by atoms with E-state index in [9.17, 15) is 0 Å². The molecule has 1 aromatic heterocycles. The fraction of sp³-hybridized carbons (Fsp3) is 0.542. The van der Waals surface area contributed by atoms with Crippen LogP contribution in [0.25, 0.3) is 0 Å². The van der Waals surface area contributed by atoms with Crippen LogP contribution in [-0.4, -0.2) is 63.3 Å². The summed E-state index contributed by atoms with van der Waals surface area (Å²) in [5, 5.41) is 0. The van der Waals surface area contributed by atoms with Gasteiger partial charge in [0.15, 0.2) is 7.98 Å². The lowest BCUT2D eigenvalue weighted by atomic mass is 9.97. The molecule has 1 aromatic carbocycles. The normalized spacial score (nSPS) is 20.5. The average molecular weight is 407 g/mol. The van der Waals surface area contributed by atoms with Crippen molar-refractivity contribution in [3.8, 4) is 5.75 Å². The topological polar surface area (TPSA) is 37.8 Å². The van der Waals surface area contributed by atoms with E-state index in [1.54, 1.807) is 0 Å². The van der Waals surface area contributed by atoms with Gasteiger partial charge in [0.2, 0.25) is 0 Å². The minimum atomic E-state index is 0.534. The highest BCUT2D eigenvalue weighted by atomic mass is 16.5. The number of ether oxygens (including phenoxy) is 2. The smallest absolute Gasteiger partial charge is 0.185 e. The van der Waals surface area contributed by atoms with Crippen molar-refractivity contribution < 1.29 is 9.47 Å². The van der Waals surface area contributed by atoms with E-state index in [1.807, 2.05) is 12.4 Å². The Morgan fingerprint density at radius 2 is 1.83 bits per heavy atom.